The van der Waals surface area contributed by atoms with Gasteiger partial charge in [0.25, 0.3) is 0 Å². The lowest BCUT2D eigenvalue weighted by atomic mass is 9.97. The zero-order valence-corrected chi connectivity index (χ0v) is 9.31. The van der Waals surface area contributed by atoms with Crippen LogP contribution < -0.4 is 0 Å². The predicted octanol–water partition coefficient (Wildman–Crippen LogP) is 2.10. The van der Waals surface area contributed by atoms with Crippen molar-refractivity contribution < 1.29 is 4.79 Å². The Hall–Kier alpha value is -1.31. The number of amides is 1. The fraction of sp³-hybridized carbons (Fsp3) is 0.462. The Balaban J connectivity index is 2.05. The molecule has 0 aromatic heterocycles. The molecule has 0 saturated carbocycles. The van der Waals surface area contributed by atoms with E-state index in [1.54, 1.807) is 0 Å². The lowest BCUT2D eigenvalue weighted by Gasteiger charge is -2.14. The molecule has 1 aliphatic heterocycles. The van der Waals surface area contributed by atoms with Crippen molar-refractivity contribution >= 4 is 5.91 Å². The summed E-state index contributed by atoms with van der Waals surface area (Å²) in [4.78, 5) is 13.7. The van der Waals surface area contributed by atoms with Gasteiger partial charge in [0, 0.05) is 19.0 Å². The van der Waals surface area contributed by atoms with Gasteiger partial charge in [-0.25, -0.2) is 0 Å². The molecule has 80 valence electrons. The summed E-state index contributed by atoms with van der Waals surface area (Å²) >= 11 is 0. The van der Waals surface area contributed by atoms with Crippen molar-refractivity contribution in [2.45, 2.75) is 25.8 Å². The summed E-state index contributed by atoms with van der Waals surface area (Å²) in [5.74, 6) is 0.485. The fourth-order valence-electron chi connectivity index (χ4n) is 2.25. The number of benzene rings is 1. The van der Waals surface area contributed by atoms with Crippen molar-refractivity contribution in [2.75, 3.05) is 7.05 Å². The van der Waals surface area contributed by atoms with Crippen molar-refractivity contribution in [1.29, 1.82) is 0 Å². The third-order valence-electron chi connectivity index (χ3n) is 3.31. The van der Waals surface area contributed by atoms with Gasteiger partial charge in [-0.3, -0.25) is 4.79 Å². The number of nitrogens with zero attached hydrogens (tertiary/aromatic N) is 1. The molecule has 2 heteroatoms. The molecule has 1 saturated heterocycles. The average Bonchev–Trinajstić information content (AvgIpc) is 2.48. The Kier molecular flexibility index (Phi) is 2.76. The highest BCUT2D eigenvalue weighted by atomic mass is 16.2. The van der Waals surface area contributed by atoms with Crippen molar-refractivity contribution in [3.05, 3.63) is 35.9 Å². The van der Waals surface area contributed by atoms with E-state index in [1.807, 2.05) is 30.1 Å². The second kappa shape index (κ2) is 4.05. The SMILES string of the molecule is C[C@H]1C[C@H](Cc2ccccc2)C(=O)N1C. The van der Waals surface area contributed by atoms with Crippen LogP contribution in [0.5, 0.6) is 0 Å². The summed E-state index contributed by atoms with van der Waals surface area (Å²) in [6.45, 7) is 2.11. The summed E-state index contributed by atoms with van der Waals surface area (Å²) in [6, 6.07) is 10.6. The number of hydrogen-bond donors (Lipinski definition) is 0. The van der Waals surface area contributed by atoms with E-state index in [1.165, 1.54) is 5.56 Å². The molecule has 1 heterocycles. The molecule has 0 spiro atoms. The molecular formula is C13H17NO. The smallest absolute Gasteiger partial charge is 0.226 e. The second-order valence-electron chi connectivity index (χ2n) is 4.42. The molecular weight excluding hydrogens is 186 g/mol. The minimum atomic E-state index is 0.187. The lowest BCUT2D eigenvalue weighted by Crippen LogP contribution is -2.27. The van der Waals surface area contributed by atoms with E-state index in [0.29, 0.717) is 11.9 Å². The highest BCUT2D eigenvalue weighted by Crippen LogP contribution is 2.25. The van der Waals surface area contributed by atoms with Crippen molar-refractivity contribution in [3.8, 4) is 0 Å². The fourth-order valence-corrected chi connectivity index (χ4v) is 2.25. The Bertz CT molecular complexity index is 347. The van der Waals surface area contributed by atoms with Crippen LogP contribution in [0.2, 0.25) is 0 Å². The molecule has 1 fully saturated rings. The van der Waals surface area contributed by atoms with Crippen LogP contribution in [0.1, 0.15) is 18.9 Å². The van der Waals surface area contributed by atoms with Crippen LogP contribution in [0.4, 0.5) is 0 Å². The first-order chi connectivity index (χ1) is 7.18. The van der Waals surface area contributed by atoms with Gasteiger partial charge in [0.15, 0.2) is 0 Å². The zero-order chi connectivity index (χ0) is 10.8. The van der Waals surface area contributed by atoms with Crippen molar-refractivity contribution in [2.24, 2.45) is 5.92 Å². The lowest BCUT2D eigenvalue weighted by molar-refractivity contribution is -0.130. The van der Waals surface area contributed by atoms with Gasteiger partial charge in [0.1, 0.15) is 0 Å². The van der Waals surface area contributed by atoms with E-state index in [4.69, 9.17) is 0 Å². The minimum absolute atomic E-state index is 0.187. The molecule has 1 aromatic rings. The first-order valence-corrected chi connectivity index (χ1v) is 5.49. The van der Waals surface area contributed by atoms with Gasteiger partial charge in [-0.2, -0.15) is 0 Å². The molecule has 2 nitrogen and oxygen atoms in total. The standard InChI is InChI=1S/C13H17NO/c1-10-8-12(13(15)14(10)2)9-11-6-4-3-5-7-11/h3-7,10,12H,8-9H2,1-2H3/t10-,12+/m0/s1. The number of carbonyl (C=O) groups excluding carboxylic acids is 1. The number of rotatable bonds is 2. The van der Waals surface area contributed by atoms with Gasteiger partial charge in [-0.15, -0.1) is 0 Å². The quantitative estimate of drug-likeness (QED) is 0.720. The molecule has 0 bridgehead atoms. The number of likely N-dealkylation sites (tertiary alicyclic amines) is 1. The number of hydrogen-bond acceptors (Lipinski definition) is 1. The van der Waals surface area contributed by atoms with Gasteiger partial charge in [0.2, 0.25) is 5.91 Å². The molecule has 0 N–H and O–H groups in total. The molecule has 0 unspecified atom stereocenters. The summed E-state index contributed by atoms with van der Waals surface area (Å²) in [7, 11) is 1.90. The van der Waals surface area contributed by atoms with E-state index in [9.17, 15) is 4.79 Å². The van der Waals surface area contributed by atoms with Crippen LogP contribution in [0.3, 0.4) is 0 Å². The second-order valence-corrected chi connectivity index (χ2v) is 4.42. The molecule has 2 atom stereocenters. The monoisotopic (exact) mass is 203 g/mol. The summed E-state index contributed by atoms with van der Waals surface area (Å²) in [5.41, 5.74) is 1.26. The average molecular weight is 203 g/mol. The van der Waals surface area contributed by atoms with Crippen LogP contribution in [-0.2, 0) is 11.2 Å². The Morgan fingerprint density at radius 1 is 1.33 bits per heavy atom. The van der Waals surface area contributed by atoms with Crippen molar-refractivity contribution in [3.63, 3.8) is 0 Å². The molecule has 1 amide bonds. The number of carbonyl (C=O) groups is 1. The van der Waals surface area contributed by atoms with Gasteiger partial charge in [-0.05, 0) is 25.3 Å². The zero-order valence-electron chi connectivity index (χ0n) is 9.31. The predicted molar refractivity (Wildman–Crippen MR) is 60.5 cm³/mol. The Morgan fingerprint density at radius 3 is 2.53 bits per heavy atom. The largest absolute Gasteiger partial charge is 0.343 e. The van der Waals surface area contributed by atoms with E-state index < -0.39 is 0 Å². The maximum atomic E-state index is 11.8. The van der Waals surface area contributed by atoms with Crippen LogP contribution in [0, 0.1) is 5.92 Å². The topological polar surface area (TPSA) is 20.3 Å². The Labute approximate surface area is 90.9 Å². The van der Waals surface area contributed by atoms with Crippen molar-refractivity contribution in [1.82, 2.24) is 4.90 Å². The first-order valence-electron chi connectivity index (χ1n) is 5.49. The minimum Gasteiger partial charge on any atom is -0.343 e. The summed E-state index contributed by atoms with van der Waals surface area (Å²) < 4.78 is 0. The molecule has 0 radical (unpaired) electrons. The van der Waals surface area contributed by atoms with E-state index in [0.717, 1.165) is 12.8 Å². The summed E-state index contributed by atoms with van der Waals surface area (Å²) in [6.07, 6.45) is 1.87. The third-order valence-corrected chi connectivity index (χ3v) is 3.31. The van der Waals surface area contributed by atoms with Crippen LogP contribution in [0.15, 0.2) is 30.3 Å². The molecule has 1 aliphatic rings. The van der Waals surface area contributed by atoms with Gasteiger partial charge < -0.3 is 4.90 Å². The van der Waals surface area contributed by atoms with E-state index in [-0.39, 0.29) is 5.92 Å². The first kappa shape index (κ1) is 10.2. The van der Waals surface area contributed by atoms with Crippen LogP contribution in [0.25, 0.3) is 0 Å². The van der Waals surface area contributed by atoms with Gasteiger partial charge in [-0.1, -0.05) is 30.3 Å². The van der Waals surface area contributed by atoms with E-state index in [2.05, 4.69) is 19.1 Å². The van der Waals surface area contributed by atoms with Gasteiger partial charge in [0.05, 0.1) is 0 Å². The maximum Gasteiger partial charge on any atom is 0.226 e. The third kappa shape index (κ3) is 2.04. The molecule has 15 heavy (non-hydrogen) atoms. The molecule has 0 aliphatic carbocycles. The van der Waals surface area contributed by atoms with Gasteiger partial charge >= 0.3 is 0 Å². The molecule has 1 aromatic carbocycles. The maximum absolute atomic E-state index is 11.8. The highest BCUT2D eigenvalue weighted by Gasteiger charge is 2.34. The van der Waals surface area contributed by atoms with Crippen LogP contribution >= 0.6 is 0 Å². The van der Waals surface area contributed by atoms with E-state index >= 15 is 0 Å². The Morgan fingerprint density at radius 2 is 2.00 bits per heavy atom. The molecule has 2 rings (SSSR count). The normalized spacial score (nSPS) is 26.0. The highest BCUT2D eigenvalue weighted by molar-refractivity contribution is 5.81. The summed E-state index contributed by atoms with van der Waals surface area (Å²) in [5, 5.41) is 0. The van der Waals surface area contributed by atoms with Crippen LogP contribution in [-0.4, -0.2) is 23.9 Å².